The number of amides is 2. The van der Waals surface area contributed by atoms with Gasteiger partial charge in [0.25, 0.3) is 11.8 Å². The Morgan fingerprint density at radius 2 is 1.39 bits per heavy atom. The number of rotatable bonds is 4. The maximum atomic E-state index is 13.3. The largest absolute Gasteiger partial charge is 0.272 e. The zero-order valence-corrected chi connectivity index (χ0v) is 16.8. The van der Waals surface area contributed by atoms with Crippen molar-refractivity contribution < 1.29 is 9.59 Å². The fraction of sp³-hybridized carbons (Fsp3) is 0. The van der Waals surface area contributed by atoms with E-state index in [1.807, 2.05) is 60.7 Å². The van der Waals surface area contributed by atoms with E-state index in [2.05, 4.69) is 0 Å². The van der Waals surface area contributed by atoms with Crippen LogP contribution in [0.5, 0.6) is 0 Å². The van der Waals surface area contributed by atoms with Gasteiger partial charge in [0.15, 0.2) is 0 Å². The van der Waals surface area contributed by atoms with Crippen molar-refractivity contribution in [3.63, 3.8) is 0 Å². The summed E-state index contributed by atoms with van der Waals surface area (Å²) >= 11 is 13.6. The van der Waals surface area contributed by atoms with Gasteiger partial charge in [-0.2, -0.15) is 0 Å². The fourth-order valence-electron chi connectivity index (χ4n) is 2.95. The van der Waals surface area contributed by atoms with Crippen molar-refractivity contribution in [2.75, 3.05) is 4.90 Å². The molecule has 0 N–H and O–H groups in total. The third-order valence-corrected chi connectivity index (χ3v) is 5.86. The molecule has 0 radical (unpaired) electrons. The van der Waals surface area contributed by atoms with E-state index >= 15 is 0 Å². The minimum atomic E-state index is -0.418. The first-order valence-corrected chi connectivity index (χ1v) is 10.00. The highest BCUT2D eigenvalue weighted by atomic mass is 35.5. The van der Waals surface area contributed by atoms with Gasteiger partial charge in [0.2, 0.25) is 0 Å². The molecule has 0 unspecified atom stereocenters. The van der Waals surface area contributed by atoms with Gasteiger partial charge in [-0.05, 0) is 35.9 Å². The number of thioether (sulfide) groups is 1. The lowest BCUT2D eigenvalue weighted by molar-refractivity contribution is -0.119. The number of anilines is 1. The Hall–Kier alpha value is -2.53. The standard InChI is InChI=1S/C22H13Cl2NO2S/c23-15-11-12-17(24)18(13-15)25-21(26)19(14-7-3-1-4-8-14)20(22(25)27)28-16-9-5-2-6-10-16/h1-13H. The Labute approximate surface area is 176 Å². The topological polar surface area (TPSA) is 37.4 Å². The van der Waals surface area contributed by atoms with Crippen molar-refractivity contribution >= 4 is 58.0 Å². The first kappa shape index (κ1) is 18.8. The molecule has 0 aromatic heterocycles. The van der Waals surface area contributed by atoms with E-state index in [0.717, 1.165) is 9.80 Å². The van der Waals surface area contributed by atoms with Crippen LogP contribution in [0.2, 0.25) is 10.0 Å². The molecule has 3 nitrogen and oxygen atoms in total. The van der Waals surface area contributed by atoms with Gasteiger partial charge >= 0.3 is 0 Å². The van der Waals surface area contributed by atoms with Gasteiger partial charge in [0.05, 0.1) is 21.2 Å². The Morgan fingerprint density at radius 3 is 2.07 bits per heavy atom. The molecule has 1 aliphatic heterocycles. The summed E-state index contributed by atoms with van der Waals surface area (Å²) in [6.07, 6.45) is 0. The number of imide groups is 1. The smallest absolute Gasteiger partial charge is 0.268 e. The van der Waals surface area contributed by atoms with E-state index in [0.29, 0.717) is 21.1 Å². The molecule has 6 heteroatoms. The van der Waals surface area contributed by atoms with Gasteiger partial charge in [-0.25, -0.2) is 4.90 Å². The van der Waals surface area contributed by atoms with Crippen LogP contribution in [0.3, 0.4) is 0 Å². The first-order chi connectivity index (χ1) is 13.6. The van der Waals surface area contributed by atoms with E-state index in [1.54, 1.807) is 12.1 Å². The highest BCUT2D eigenvalue weighted by Crippen LogP contribution is 2.43. The summed E-state index contributed by atoms with van der Waals surface area (Å²) in [4.78, 5) is 28.9. The number of carbonyl (C=O) groups is 2. The van der Waals surface area contributed by atoms with Gasteiger partial charge < -0.3 is 0 Å². The zero-order valence-electron chi connectivity index (χ0n) is 14.4. The molecule has 138 valence electrons. The summed E-state index contributed by atoms with van der Waals surface area (Å²) in [5.41, 5.74) is 1.32. The monoisotopic (exact) mass is 425 g/mol. The predicted octanol–water partition coefficient (Wildman–Crippen LogP) is 6.07. The molecule has 28 heavy (non-hydrogen) atoms. The highest BCUT2D eigenvalue weighted by molar-refractivity contribution is 8.04. The summed E-state index contributed by atoms with van der Waals surface area (Å²) < 4.78 is 0. The van der Waals surface area contributed by atoms with E-state index in [-0.39, 0.29) is 10.7 Å². The SMILES string of the molecule is O=C1C(Sc2ccccc2)=C(c2ccccc2)C(=O)N1c1cc(Cl)ccc1Cl. The van der Waals surface area contributed by atoms with Crippen molar-refractivity contribution in [2.24, 2.45) is 0 Å². The van der Waals surface area contributed by atoms with Gasteiger partial charge in [-0.1, -0.05) is 83.5 Å². The van der Waals surface area contributed by atoms with E-state index < -0.39 is 11.8 Å². The quantitative estimate of drug-likeness (QED) is 0.475. The van der Waals surface area contributed by atoms with Crippen LogP contribution in [0.15, 0.2) is 88.7 Å². The van der Waals surface area contributed by atoms with Crippen LogP contribution < -0.4 is 4.90 Å². The van der Waals surface area contributed by atoms with Crippen LogP contribution in [0.1, 0.15) is 5.56 Å². The second-order valence-electron chi connectivity index (χ2n) is 6.03. The van der Waals surface area contributed by atoms with Crippen LogP contribution in [0.4, 0.5) is 5.69 Å². The zero-order chi connectivity index (χ0) is 19.7. The molecule has 0 atom stereocenters. The van der Waals surface area contributed by atoms with Crippen molar-refractivity contribution in [1.29, 1.82) is 0 Å². The molecule has 0 spiro atoms. The number of benzene rings is 3. The molecule has 3 aromatic carbocycles. The van der Waals surface area contributed by atoms with Crippen molar-refractivity contribution in [2.45, 2.75) is 4.90 Å². The Kier molecular flexibility index (Phi) is 5.27. The Morgan fingerprint density at radius 1 is 0.750 bits per heavy atom. The maximum absolute atomic E-state index is 13.3. The summed E-state index contributed by atoms with van der Waals surface area (Å²) in [5, 5.41) is 0.676. The van der Waals surface area contributed by atoms with Crippen LogP contribution in [-0.4, -0.2) is 11.8 Å². The summed E-state index contributed by atoms with van der Waals surface area (Å²) in [7, 11) is 0. The molecule has 1 heterocycles. The lowest BCUT2D eigenvalue weighted by atomic mass is 10.1. The minimum absolute atomic E-state index is 0.279. The second-order valence-corrected chi connectivity index (χ2v) is 7.95. The van der Waals surface area contributed by atoms with Crippen molar-refractivity contribution in [1.82, 2.24) is 0 Å². The molecular weight excluding hydrogens is 413 g/mol. The van der Waals surface area contributed by atoms with Crippen molar-refractivity contribution in [3.05, 3.63) is 99.4 Å². The van der Waals surface area contributed by atoms with E-state index in [9.17, 15) is 9.59 Å². The summed E-state index contributed by atoms with van der Waals surface area (Å²) in [6, 6.07) is 23.3. The van der Waals surface area contributed by atoms with Gasteiger partial charge in [-0.15, -0.1) is 0 Å². The van der Waals surface area contributed by atoms with Crippen LogP contribution in [0.25, 0.3) is 5.57 Å². The molecule has 1 aliphatic rings. The van der Waals surface area contributed by atoms with Crippen molar-refractivity contribution in [3.8, 4) is 0 Å². The molecule has 3 aromatic rings. The van der Waals surface area contributed by atoms with E-state index in [1.165, 1.54) is 17.8 Å². The Bertz CT molecular complexity index is 1100. The van der Waals surface area contributed by atoms with Gasteiger partial charge in [-0.3, -0.25) is 9.59 Å². The molecule has 0 bridgehead atoms. The van der Waals surface area contributed by atoms with Crippen LogP contribution >= 0.6 is 35.0 Å². The van der Waals surface area contributed by atoms with E-state index in [4.69, 9.17) is 23.2 Å². The third kappa shape index (κ3) is 3.47. The average molecular weight is 426 g/mol. The third-order valence-electron chi connectivity index (χ3n) is 4.22. The van der Waals surface area contributed by atoms with Gasteiger partial charge in [0.1, 0.15) is 0 Å². The normalized spacial score (nSPS) is 14.1. The molecule has 0 aliphatic carbocycles. The molecule has 0 saturated heterocycles. The number of nitrogens with zero attached hydrogens (tertiary/aromatic N) is 1. The van der Waals surface area contributed by atoms with Gasteiger partial charge in [0, 0.05) is 9.92 Å². The highest BCUT2D eigenvalue weighted by Gasteiger charge is 2.41. The molecule has 2 amide bonds. The fourth-order valence-corrected chi connectivity index (χ4v) is 4.33. The number of hydrogen-bond acceptors (Lipinski definition) is 3. The van der Waals surface area contributed by atoms with Crippen LogP contribution in [-0.2, 0) is 9.59 Å². The maximum Gasteiger partial charge on any atom is 0.272 e. The lowest BCUT2D eigenvalue weighted by Gasteiger charge is -2.17. The lowest BCUT2D eigenvalue weighted by Crippen LogP contribution is -2.31. The average Bonchev–Trinajstić information content (AvgIpc) is 2.95. The number of carbonyl (C=O) groups excluding carboxylic acids is 2. The number of halogens is 2. The second kappa shape index (κ2) is 7.84. The number of hydrogen-bond donors (Lipinski definition) is 0. The summed E-state index contributed by atoms with van der Waals surface area (Å²) in [5.74, 6) is -0.833. The Balaban J connectivity index is 1.85. The molecule has 0 saturated carbocycles. The minimum Gasteiger partial charge on any atom is -0.268 e. The van der Waals surface area contributed by atoms with Crippen LogP contribution in [0, 0.1) is 0 Å². The molecule has 4 rings (SSSR count). The summed E-state index contributed by atoms with van der Waals surface area (Å²) in [6.45, 7) is 0. The molecular formula is C22H13Cl2NO2S. The first-order valence-electron chi connectivity index (χ1n) is 8.42. The predicted molar refractivity (Wildman–Crippen MR) is 115 cm³/mol. The molecule has 0 fully saturated rings.